The van der Waals surface area contributed by atoms with Gasteiger partial charge in [-0.1, -0.05) is 21.6 Å². The third-order valence-electron chi connectivity index (χ3n) is 2.68. The van der Waals surface area contributed by atoms with Gasteiger partial charge in [-0.05, 0) is 24.3 Å². The fourth-order valence-corrected chi connectivity index (χ4v) is 3.57. The van der Waals surface area contributed by atoms with Gasteiger partial charge in [-0.15, -0.1) is 0 Å². The van der Waals surface area contributed by atoms with Crippen molar-refractivity contribution in [2.75, 3.05) is 0 Å². The largest absolute Gasteiger partial charge is 0.477 e. The molecule has 0 bridgehead atoms. The third kappa shape index (κ3) is 6.02. The zero-order valence-electron chi connectivity index (χ0n) is 12.6. The summed E-state index contributed by atoms with van der Waals surface area (Å²) in [5, 5.41) is 30.4. The molecule has 0 heterocycles. The van der Waals surface area contributed by atoms with Gasteiger partial charge in [-0.3, -0.25) is 20.2 Å². The first-order chi connectivity index (χ1) is 12.3. The molecule has 0 amide bonds. The number of carboxylic acid groups (broad SMARTS) is 1. The summed E-state index contributed by atoms with van der Waals surface area (Å²) in [7, 11) is 2.46. The molecule has 1 N–H and O–H groups in total. The molecule has 0 fully saturated rings. The van der Waals surface area contributed by atoms with Crippen LogP contribution in [0.1, 0.15) is 10.4 Å². The van der Waals surface area contributed by atoms with Crippen LogP contribution in [0.15, 0.2) is 52.3 Å². The topological polar surface area (TPSA) is 158 Å². The molecule has 2 rings (SSSR count). The Morgan fingerprint density at radius 3 is 1.88 bits per heavy atom. The second-order valence-corrected chi connectivity index (χ2v) is 6.52. The number of nitro benzene ring substituents is 2. The number of nitro groups is 2. The van der Waals surface area contributed by atoms with E-state index in [0.29, 0.717) is 4.90 Å². The van der Waals surface area contributed by atoms with Crippen LogP contribution in [0.4, 0.5) is 11.4 Å². The van der Waals surface area contributed by atoms with E-state index in [0.717, 1.165) is 11.0 Å². The number of hydrogen-bond donors (Lipinski definition) is 1. The maximum Gasteiger partial charge on any atom is 0.373 e. The second kappa shape index (κ2) is 9.93. The Bertz CT molecular complexity index is 864. The van der Waals surface area contributed by atoms with Crippen LogP contribution < -0.4 is 0 Å². The summed E-state index contributed by atoms with van der Waals surface area (Å²) in [6.45, 7) is 0. The van der Waals surface area contributed by atoms with Crippen LogP contribution in [-0.4, -0.2) is 27.1 Å². The number of carboxylic acids is 1. The lowest BCUT2D eigenvalue weighted by molar-refractivity contribution is -0.385. The Kier molecular flexibility index (Phi) is 7.96. The van der Waals surface area contributed by atoms with Gasteiger partial charge in [0.2, 0.25) is 0 Å². The second-order valence-electron chi connectivity index (χ2n) is 4.24. The summed E-state index contributed by atoms with van der Waals surface area (Å²) in [6.07, 6.45) is 0.250. The zero-order chi connectivity index (χ0) is 19.7. The Labute approximate surface area is 152 Å². The lowest BCUT2D eigenvalue weighted by Crippen LogP contribution is -2.02. The molecular weight excluding hydrogens is 388 g/mol. The summed E-state index contributed by atoms with van der Waals surface area (Å²) in [6, 6.07) is 9.68. The summed E-state index contributed by atoms with van der Waals surface area (Å²) in [5.74, 6) is -1.38. The minimum absolute atomic E-state index is 0.0251. The molecule has 0 aliphatic heterocycles. The highest BCUT2D eigenvalue weighted by Crippen LogP contribution is 2.39. The molecule has 10 nitrogen and oxygen atoms in total. The van der Waals surface area contributed by atoms with Gasteiger partial charge in [0.05, 0.1) is 9.85 Å². The van der Waals surface area contributed by atoms with Gasteiger partial charge in [0, 0.05) is 28.0 Å². The van der Waals surface area contributed by atoms with Crippen LogP contribution in [0, 0.1) is 20.2 Å². The molecule has 134 valence electrons. The predicted octanol–water partition coefficient (Wildman–Crippen LogP) is 3.42. The van der Waals surface area contributed by atoms with Crippen LogP contribution in [0.5, 0.6) is 0 Å². The van der Waals surface area contributed by atoms with Crippen LogP contribution in [0.2, 0.25) is 0 Å². The molecule has 0 atom stereocenters. The van der Waals surface area contributed by atoms with Gasteiger partial charge in [0.1, 0.15) is 5.56 Å². The standard InChI is InChI=1S/C13H8N2O6S2.CO2/c16-13(17)11-7-10(5-6-12(11)15(20)21)23-22-9-3-1-8(2-4-9)14(18)19;2-1-3/h1-7H,(H,16,17);. The van der Waals surface area contributed by atoms with Crippen molar-refractivity contribution in [2.45, 2.75) is 9.79 Å². The van der Waals surface area contributed by atoms with E-state index in [1.807, 2.05) is 0 Å². The van der Waals surface area contributed by atoms with Gasteiger partial charge in [-0.2, -0.15) is 9.59 Å². The van der Waals surface area contributed by atoms with Crippen molar-refractivity contribution in [3.05, 3.63) is 68.3 Å². The van der Waals surface area contributed by atoms with Crippen molar-refractivity contribution < 1.29 is 29.3 Å². The van der Waals surface area contributed by atoms with E-state index in [2.05, 4.69) is 0 Å². The van der Waals surface area contributed by atoms with Crippen molar-refractivity contribution >= 4 is 45.1 Å². The predicted molar refractivity (Wildman–Crippen MR) is 89.9 cm³/mol. The number of nitrogens with zero attached hydrogens (tertiary/aromatic N) is 2. The quantitative estimate of drug-likeness (QED) is 0.435. The normalized spacial score (nSPS) is 9.38. The lowest BCUT2D eigenvalue weighted by Gasteiger charge is -2.03. The summed E-state index contributed by atoms with van der Waals surface area (Å²) >= 11 is 0. The smallest absolute Gasteiger partial charge is 0.373 e. The van der Waals surface area contributed by atoms with Gasteiger partial charge >= 0.3 is 12.1 Å². The molecule has 0 saturated carbocycles. The molecule has 0 aliphatic rings. The van der Waals surface area contributed by atoms with Gasteiger partial charge < -0.3 is 5.11 Å². The summed E-state index contributed by atoms with van der Waals surface area (Å²) in [4.78, 5) is 48.7. The number of carbonyl (C=O) groups is 1. The fourth-order valence-electron chi connectivity index (χ4n) is 1.62. The molecule has 0 spiro atoms. The maximum absolute atomic E-state index is 11.1. The van der Waals surface area contributed by atoms with E-state index in [-0.39, 0.29) is 17.4 Å². The summed E-state index contributed by atoms with van der Waals surface area (Å²) < 4.78 is 0. The van der Waals surface area contributed by atoms with E-state index in [4.69, 9.17) is 14.7 Å². The summed E-state index contributed by atoms with van der Waals surface area (Å²) in [5.41, 5.74) is -0.880. The average Bonchev–Trinajstić information content (AvgIpc) is 2.60. The van der Waals surface area contributed by atoms with Crippen molar-refractivity contribution in [3.8, 4) is 0 Å². The van der Waals surface area contributed by atoms with Crippen molar-refractivity contribution in [2.24, 2.45) is 0 Å². The Hall–Kier alpha value is -3.21. The van der Waals surface area contributed by atoms with Crippen LogP contribution in [-0.2, 0) is 9.59 Å². The van der Waals surface area contributed by atoms with Gasteiger partial charge in [0.15, 0.2) is 0 Å². The lowest BCUT2D eigenvalue weighted by atomic mass is 10.2. The van der Waals surface area contributed by atoms with Crippen molar-refractivity contribution in [3.63, 3.8) is 0 Å². The Morgan fingerprint density at radius 1 is 0.923 bits per heavy atom. The minimum Gasteiger partial charge on any atom is -0.477 e. The molecule has 0 aromatic heterocycles. The highest BCUT2D eigenvalue weighted by molar-refractivity contribution is 8.76. The highest BCUT2D eigenvalue weighted by Gasteiger charge is 2.20. The van der Waals surface area contributed by atoms with Gasteiger partial charge in [-0.25, -0.2) is 4.79 Å². The molecular formula is C14H8N2O8S2. The molecule has 0 radical (unpaired) electrons. The van der Waals surface area contributed by atoms with Crippen LogP contribution in [0.3, 0.4) is 0 Å². The molecule has 0 saturated heterocycles. The molecule has 0 unspecified atom stereocenters. The van der Waals surface area contributed by atoms with Crippen LogP contribution >= 0.6 is 21.6 Å². The number of benzene rings is 2. The number of rotatable bonds is 6. The first-order valence-corrected chi connectivity index (χ1v) is 8.55. The Balaban J connectivity index is 0.00000105. The van der Waals surface area contributed by atoms with E-state index in [1.54, 1.807) is 12.1 Å². The van der Waals surface area contributed by atoms with E-state index in [1.165, 1.54) is 45.9 Å². The zero-order valence-corrected chi connectivity index (χ0v) is 14.2. The fraction of sp³-hybridized carbons (Fsp3) is 0. The van der Waals surface area contributed by atoms with Gasteiger partial charge in [0.25, 0.3) is 11.4 Å². The molecule has 12 heteroatoms. The highest BCUT2D eigenvalue weighted by atomic mass is 33.1. The molecule has 26 heavy (non-hydrogen) atoms. The number of carbonyl (C=O) groups excluding carboxylic acids is 2. The van der Waals surface area contributed by atoms with E-state index >= 15 is 0 Å². The number of non-ortho nitro benzene ring substituents is 1. The van der Waals surface area contributed by atoms with Crippen molar-refractivity contribution in [1.82, 2.24) is 0 Å². The van der Waals surface area contributed by atoms with E-state index in [9.17, 15) is 25.0 Å². The maximum atomic E-state index is 11.1. The first kappa shape index (κ1) is 20.8. The molecule has 0 aliphatic carbocycles. The first-order valence-electron chi connectivity index (χ1n) is 6.40. The average molecular weight is 396 g/mol. The minimum atomic E-state index is -1.38. The van der Waals surface area contributed by atoms with Crippen LogP contribution in [0.25, 0.3) is 0 Å². The van der Waals surface area contributed by atoms with E-state index < -0.39 is 21.5 Å². The Morgan fingerprint density at radius 2 is 1.42 bits per heavy atom. The third-order valence-corrected chi connectivity index (χ3v) is 5.08. The number of aromatic carboxylic acids is 1. The SMILES string of the molecule is O=C(O)c1cc(SSc2ccc([N+](=O)[O-])cc2)ccc1[N+](=O)[O-].O=C=O. The monoisotopic (exact) mass is 396 g/mol. The number of hydrogen-bond acceptors (Lipinski definition) is 9. The molecule has 2 aromatic rings. The van der Waals surface area contributed by atoms with Crippen molar-refractivity contribution in [1.29, 1.82) is 0 Å². The molecule has 2 aromatic carbocycles.